The van der Waals surface area contributed by atoms with E-state index in [2.05, 4.69) is 17.2 Å². The van der Waals surface area contributed by atoms with Crippen LogP contribution in [0.5, 0.6) is 0 Å². The van der Waals surface area contributed by atoms with E-state index in [1.807, 2.05) is 16.7 Å². The summed E-state index contributed by atoms with van der Waals surface area (Å²) in [5.41, 5.74) is 1.98. The van der Waals surface area contributed by atoms with Gasteiger partial charge in [-0.1, -0.05) is 49.2 Å². The second-order valence-corrected chi connectivity index (χ2v) is 8.34. The fourth-order valence-electron chi connectivity index (χ4n) is 3.57. The van der Waals surface area contributed by atoms with E-state index in [0.29, 0.717) is 23.1 Å². The van der Waals surface area contributed by atoms with Crippen LogP contribution < -0.4 is 5.32 Å². The molecule has 0 radical (unpaired) electrons. The van der Waals surface area contributed by atoms with Gasteiger partial charge in [-0.15, -0.1) is 0 Å². The molecule has 0 saturated heterocycles. The number of unbranched alkanes of at least 4 members (excludes halogenated alkanes) is 1. The van der Waals surface area contributed by atoms with Crippen LogP contribution in [0.3, 0.4) is 0 Å². The minimum absolute atomic E-state index is 0.0613. The molecule has 1 aromatic heterocycles. The first-order valence-electron chi connectivity index (χ1n) is 11.7. The zero-order valence-corrected chi connectivity index (χ0v) is 20.9. The molecule has 3 rings (SSSR count). The summed E-state index contributed by atoms with van der Waals surface area (Å²) in [4.78, 5) is 40.3. The van der Waals surface area contributed by atoms with Crippen LogP contribution in [-0.2, 0) is 22.5 Å². The molecule has 2 N–H and O–H groups in total. The zero-order chi connectivity index (χ0) is 26.1. The molecule has 0 spiro atoms. The van der Waals surface area contributed by atoms with Crippen molar-refractivity contribution in [3.05, 3.63) is 88.0 Å². The Hall–Kier alpha value is -3.91. The van der Waals surface area contributed by atoms with Gasteiger partial charge in [-0.25, -0.2) is 14.6 Å². The molecule has 0 atom stereocenters. The zero-order valence-electron chi connectivity index (χ0n) is 20.2. The summed E-state index contributed by atoms with van der Waals surface area (Å²) in [6.45, 7) is 4.57. The van der Waals surface area contributed by atoms with Crippen LogP contribution in [0.2, 0.25) is 5.15 Å². The van der Waals surface area contributed by atoms with Gasteiger partial charge >= 0.3 is 11.9 Å². The number of aromatic nitrogens is 2. The first kappa shape index (κ1) is 26.7. The number of ether oxygens (including phenoxy) is 1. The molecule has 9 heteroatoms. The third-order valence-electron chi connectivity index (χ3n) is 5.38. The van der Waals surface area contributed by atoms with E-state index in [-0.39, 0.29) is 17.7 Å². The quantitative estimate of drug-likeness (QED) is 0.262. The van der Waals surface area contributed by atoms with Crippen molar-refractivity contribution >= 4 is 41.2 Å². The van der Waals surface area contributed by atoms with Gasteiger partial charge < -0.3 is 19.7 Å². The number of anilines is 1. The van der Waals surface area contributed by atoms with Crippen molar-refractivity contribution in [3.63, 3.8) is 0 Å². The lowest BCUT2D eigenvalue weighted by atomic mass is 10.1. The third-order valence-corrected chi connectivity index (χ3v) is 5.78. The molecule has 3 aromatic rings. The van der Waals surface area contributed by atoms with E-state index in [1.54, 1.807) is 37.3 Å². The topological polar surface area (TPSA) is 111 Å². The van der Waals surface area contributed by atoms with Crippen molar-refractivity contribution in [2.45, 2.75) is 39.7 Å². The Balaban J connectivity index is 1.77. The highest BCUT2D eigenvalue weighted by Crippen LogP contribution is 2.23. The number of aryl methyl sites for hydroxylation is 1. The van der Waals surface area contributed by atoms with Crippen LogP contribution in [-0.4, -0.2) is 39.1 Å². The average molecular weight is 510 g/mol. The molecule has 0 unspecified atom stereocenters. The van der Waals surface area contributed by atoms with Crippen molar-refractivity contribution in [1.29, 1.82) is 0 Å². The molecule has 0 saturated carbocycles. The predicted octanol–water partition coefficient (Wildman–Crippen LogP) is 5.45. The average Bonchev–Trinajstić information content (AvgIpc) is 3.16. The number of imidazole rings is 1. The maximum Gasteiger partial charge on any atom is 0.336 e. The van der Waals surface area contributed by atoms with Gasteiger partial charge in [0.2, 0.25) is 0 Å². The third kappa shape index (κ3) is 6.82. The molecule has 2 aromatic carbocycles. The molecule has 0 aliphatic heterocycles. The minimum atomic E-state index is -1.16. The highest BCUT2D eigenvalue weighted by Gasteiger charge is 2.17. The molecular weight excluding hydrogens is 482 g/mol. The Labute approximate surface area is 214 Å². The monoisotopic (exact) mass is 509 g/mol. The number of amides is 1. The molecule has 188 valence electrons. The van der Waals surface area contributed by atoms with E-state index < -0.39 is 17.8 Å². The summed E-state index contributed by atoms with van der Waals surface area (Å²) in [6, 6.07) is 13.2. The number of benzene rings is 2. The lowest BCUT2D eigenvalue weighted by Gasteiger charge is -2.11. The maximum absolute atomic E-state index is 12.6. The number of aromatic carboxylic acids is 1. The SMILES string of the molecule is CCCCc1nc(C=CC(=O)OCC)c(Cl)n1Cc1ccc(NC(=O)c2ccccc2C(=O)O)cc1. The van der Waals surface area contributed by atoms with Gasteiger partial charge in [0, 0.05) is 18.2 Å². The lowest BCUT2D eigenvalue weighted by molar-refractivity contribution is -0.137. The van der Waals surface area contributed by atoms with Crippen molar-refractivity contribution in [1.82, 2.24) is 9.55 Å². The van der Waals surface area contributed by atoms with Gasteiger partial charge in [0.15, 0.2) is 0 Å². The fraction of sp³-hybridized carbons (Fsp3) is 0.259. The predicted molar refractivity (Wildman–Crippen MR) is 138 cm³/mol. The smallest absolute Gasteiger partial charge is 0.336 e. The summed E-state index contributed by atoms with van der Waals surface area (Å²) in [5.74, 6) is -1.31. The van der Waals surface area contributed by atoms with E-state index in [0.717, 1.165) is 30.7 Å². The Morgan fingerprint density at radius 3 is 2.42 bits per heavy atom. The van der Waals surface area contributed by atoms with E-state index in [4.69, 9.17) is 16.3 Å². The van der Waals surface area contributed by atoms with Crippen LogP contribution in [0.4, 0.5) is 5.69 Å². The first-order valence-corrected chi connectivity index (χ1v) is 12.0. The summed E-state index contributed by atoms with van der Waals surface area (Å²) in [7, 11) is 0. The number of rotatable bonds is 11. The van der Waals surface area contributed by atoms with E-state index in [1.165, 1.54) is 18.2 Å². The van der Waals surface area contributed by atoms with Crippen molar-refractivity contribution in [2.24, 2.45) is 0 Å². The Morgan fingerprint density at radius 1 is 1.08 bits per heavy atom. The normalized spacial score (nSPS) is 11.0. The number of carboxylic acids is 1. The van der Waals surface area contributed by atoms with Gasteiger partial charge in [-0.2, -0.15) is 0 Å². The minimum Gasteiger partial charge on any atom is -0.478 e. The molecule has 0 fully saturated rings. The number of esters is 1. The van der Waals surface area contributed by atoms with Crippen molar-refractivity contribution in [3.8, 4) is 0 Å². The van der Waals surface area contributed by atoms with E-state index >= 15 is 0 Å². The van der Waals surface area contributed by atoms with Crippen LogP contribution in [0.15, 0.2) is 54.6 Å². The van der Waals surface area contributed by atoms with Gasteiger partial charge in [0.05, 0.1) is 24.3 Å². The Kier molecular flexibility index (Phi) is 9.41. The molecule has 1 heterocycles. The summed E-state index contributed by atoms with van der Waals surface area (Å²) in [6.07, 6.45) is 5.54. The number of halogens is 1. The summed E-state index contributed by atoms with van der Waals surface area (Å²) < 4.78 is 6.83. The Bertz CT molecular complexity index is 1260. The summed E-state index contributed by atoms with van der Waals surface area (Å²) >= 11 is 6.62. The highest BCUT2D eigenvalue weighted by molar-refractivity contribution is 6.31. The van der Waals surface area contributed by atoms with Crippen molar-refractivity contribution in [2.75, 3.05) is 11.9 Å². The largest absolute Gasteiger partial charge is 0.478 e. The highest BCUT2D eigenvalue weighted by atomic mass is 35.5. The van der Waals surface area contributed by atoms with Crippen LogP contribution >= 0.6 is 11.6 Å². The number of carbonyl (C=O) groups is 3. The van der Waals surface area contributed by atoms with Gasteiger partial charge in [-0.05, 0) is 49.2 Å². The molecule has 0 bridgehead atoms. The molecule has 0 aliphatic carbocycles. The van der Waals surface area contributed by atoms with Gasteiger partial charge in [0.25, 0.3) is 5.91 Å². The second kappa shape index (κ2) is 12.7. The second-order valence-electron chi connectivity index (χ2n) is 7.98. The standard InChI is InChI=1S/C27H28ClN3O5/c1-3-5-10-23-30-22(15-16-24(32)36-4-2)25(28)31(23)17-18-11-13-19(14-12-18)29-26(33)20-8-6-7-9-21(20)27(34)35/h6-9,11-16H,3-5,10,17H2,1-2H3,(H,29,33)(H,34,35). The molecule has 0 aliphatic rings. The van der Waals surface area contributed by atoms with E-state index in [9.17, 15) is 19.5 Å². The first-order chi connectivity index (χ1) is 17.3. The number of hydrogen-bond donors (Lipinski definition) is 2. The number of nitrogens with one attached hydrogen (secondary N) is 1. The van der Waals surface area contributed by atoms with Crippen LogP contribution in [0.25, 0.3) is 6.08 Å². The fourth-order valence-corrected chi connectivity index (χ4v) is 3.83. The van der Waals surface area contributed by atoms with Gasteiger partial charge in [-0.3, -0.25) is 4.79 Å². The van der Waals surface area contributed by atoms with Crippen LogP contribution in [0.1, 0.15) is 64.5 Å². The number of hydrogen-bond acceptors (Lipinski definition) is 5. The number of carbonyl (C=O) groups excluding carboxylic acids is 2. The van der Waals surface area contributed by atoms with Crippen molar-refractivity contribution < 1.29 is 24.2 Å². The summed E-state index contributed by atoms with van der Waals surface area (Å²) in [5, 5.41) is 12.5. The lowest BCUT2D eigenvalue weighted by Crippen LogP contribution is -2.16. The molecule has 1 amide bonds. The molecular formula is C27H28ClN3O5. The number of carboxylic acid groups (broad SMARTS) is 1. The molecule has 36 heavy (non-hydrogen) atoms. The maximum atomic E-state index is 12.6. The van der Waals surface area contributed by atoms with Crippen LogP contribution in [0, 0.1) is 0 Å². The number of nitrogens with zero attached hydrogens (tertiary/aromatic N) is 2. The van der Waals surface area contributed by atoms with Gasteiger partial charge in [0.1, 0.15) is 16.7 Å². The Morgan fingerprint density at radius 2 is 1.78 bits per heavy atom. The molecule has 8 nitrogen and oxygen atoms in total.